The van der Waals surface area contributed by atoms with Gasteiger partial charge in [-0.05, 0) is 50.1 Å². The summed E-state index contributed by atoms with van der Waals surface area (Å²) in [5.74, 6) is -1.58. The molecule has 0 amide bonds. The number of aromatic nitrogens is 1. The van der Waals surface area contributed by atoms with E-state index in [0.29, 0.717) is 17.7 Å². The normalized spacial score (nSPS) is 11.1. The monoisotopic (exact) mass is 449 g/mol. The molecule has 0 fully saturated rings. The minimum Gasteiger partial charge on any atom is -0.465 e. The molecule has 3 aromatic rings. The standard InChI is InChI=1S/C26H27NO6/c1-26(2,3)33-25(30)27-20(15-19-12-8-9-13-22(19)27)14-17-10-6-7-11-18(17)16-21(23(28)31-4)24(29)32-5/h6-13,15-16H,14H2,1-5H3. The zero-order valence-electron chi connectivity index (χ0n) is 19.4. The van der Waals surface area contributed by atoms with E-state index in [1.165, 1.54) is 20.3 Å². The minimum absolute atomic E-state index is 0.222. The Morgan fingerprint density at radius 2 is 1.52 bits per heavy atom. The molecule has 1 aromatic heterocycles. The van der Waals surface area contributed by atoms with Crippen molar-refractivity contribution in [3.8, 4) is 0 Å². The Balaban J connectivity index is 2.10. The predicted molar refractivity (Wildman–Crippen MR) is 125 cm³/mol. The van der Waals surface area contributed by atoms with Crippen LogP contribution in [-0.2, 0) is 30.2 Å². The van der Waals surface area contributed by atoms with Crippen LogP contribution in [0.2, 0.25) is 0 Å². The van der Waals surface area contributed by atoms with Gasteiger partial charge in [0.1, 0.15) is 11.2 Å². The van der Waals surface area contributed by atoms with Crippen molar-refractivity contribution in [2.75, 3.05) is 14.2 Å². The first kappa shape index (κ1) is 23.8. The van der Waals surface area contributed by atoms with Gasteiger partial charge in [0, 0.05) is 17.5 Å². The molecular weight excluding hydrogens is 422 g/mol. The van der Waals surface area contributed by atoms with Crippen LogP contribution in [-0.4, -0.2) is 42.4 Å². The van der Waals surface area contributed by atoms with Gasteiger partial charge in [-0.15, -0.1) is 0 Å². The second-order valence-corrected chi connectivity index (χ2v) is 8.43. The summed E-state index contributed by atoms with van der Waals surface area (Å²) in [5, 5.41) is 0.899. The zero-order valence-corrected chi connectivity index (χ0v) is 19.4. The molecule has 0 unspecified atom stereocenters. The predicted octanol–water partition coefficient (Wildman–Crippen LogP) is 4.74. The molecule has 0 bridgehead atoms. The van der Waals surface area contributed by atoms with Gasteiger partial charge >= 0.3 is 18.0 Å². The summed E-state index contributed by atoms with van der Waals surface area (Å²) in [5.41, 5.74) is 2.00. The van der Waals surface area contributed by atoms with E-state index in [-0.39, 0.29) is 5.57 Å². The molecule has 2 aromatic carbocycles. The van der Waals surface area contributed by atoms with Crippen molar-refractivity contribution in [3.63, 3.8) is 0 Å². The van der Waals surface area contributed by atoms with Crippen LogP contribution < -0.4 is 0 Å². The summed E-state index contributed by atoms with van der Waals surface area (Å²) in [4.78, 5) is 37.3. The highest BCUT2D eigenvalue weighted by molar-refractivity contribution is 6.17. The SMILES string of the molecule is COC(=O)C(=Cc1ccccc1Cc1cc2ccccc2n1C(=O)OC(C)(C)C)C(=O)OC. The minimum atomic E-state index is -0.792. The molecule has 0 atom stereocenters. The van der Waals surface area contributed by atoms with Crippen LogP contribution in [0.4, 0.5) is 4.79 Å². The number of nitrogens with zero attached hydrogens (tertiary/aromatic N) is 1. The number of carbonyl (C=O) groups is 3. The Labute approximate surface area is 192 Å². The maximum atomic E-state index is 13.1. The number of fused-ring (bicyclic) bond motifs is 1. The average molecular weight is 450 g/mol. The van der Waals surface area contributed by atoms with Crippen molar-refractivity contribution in [1.29, 1.82) is 0 Å². The second-order valence-electron chi connectivity index (χ2n) is 8.43. The number of carbonyl (C=O) groups excluding carboxylic acids is 3. The summed E-state index contributed by atoms with van der Waals surface area (Å²) in [6, 6.07) is 16.8. The molecule has 0 N–H and O–H groups in total. The number of ether oxygens (including phenoxy) is 3. The highest BCUT2D eigenvalue weighted by atomic mass is 16.6. The molecular formula is C26H27NO6. The van der Waals surface area contributed by atoms with Crippen molar-refractivity contribution >= 4 is 35.0 Å². The molecule has 7 nitrogen and oxygen atoms in total. The Morgan fingerprint density at radius 1 is 0.909 bits per heavy atom. The molecule has 33 heavy (non-hydrogen) atoms. The number of methoxy groups -OCH3 is 2. The van der Waals surface area contributed by atoms with E-state index in [1.807, 2.05) is 63.2 Å². The Bertz CT molecular complexity index is 1210. The van der Waals surface area contributed by atoms with E-state index in [1.54, 1.807) is 16.7 Å². The van der Waals surface area contributed by atoms with Crippen molar-refractivity contribution in [3.05, 3.63) is 77.0 Å². The summed E-state index contributed by atoms with van der Waals surface area (Å²) in [6.07, 6.45) is 1.32. The maximum Gasteiger partial charge on any atom is 0.419 e. The second kappa shape index (κ2) is 9.73. The largest absolute Gasteiger partial charge is 0.465 e. The molecule has 0 radical (unpaired) electrons. The van der Waals surface area contributed by atoms with Crippen LogP contribution in [0, 0.1) is 0 Å². The first-order valence-corrected chi connectivity index (χ1v) is 10.4. The maximum absolute atomic E-state index is 13.1. The molecule has 7 heteroatoms. The van der Waals surface area contributed by atoms with Crippen molar-refractivity contribution in [1.82, 2.24) is 4.57 Å². The van der Waals surface area contributed by atoms with Crippen LogP contribution in [0.1, 0.15) is 37.6 Å². The van der Waals surface area contributed by atoms with Gasteiger partial charge in [-0.2, -0.15) is 0 Å². The van der Waals surface area contributed by atoms with Gasteiger partial charge in [-0.1, -0.05) is 42.5 Å². The molecule has 3 rings (SSSR count). The Morgan fingerprint density at radius 3 is 2.15 bits per heavy atom. The van der Waals surface area contributed by atoms with Gasteiger partial charge in [-0.3, -0.25) is 0 Å². The molecule has 0 saturated carbocycles. The van der Waals surface area contributed by atoms with E-state index in [9.17, 15) is 14.4 Å². The fourth-order valence-electron chi connectivity index (χ4n) is 3.47. The summed E-state index contributed by atoms with van der Waals surface area (Å²) < 4.78 is 16.7. The van der Waals surface area contributed by atoms with Crippen molar-refractivity contribution in [2.45, 2.75) is 32.8 Å². The first-order chi connectivity index (χ1) is 15.6. The highest BCUT2D eigenvalue weighted by Gasteiger charge is 2.23. The number of hydrogen-bond acceptors (Lipinski definition) is 6. The lowest BCUT2D eigenvalue weighted by Crippen LogP contribution is -2.28. The van der Waals surface area contributed by atoms with Crippen LogP contribution in [0.5, 0.6) is 0 Å². The number of benzene rings is 2. The lowest BCUT2D eigenvalue weighted by Gasteiger charge is -2.21. The number of rotatable bonds is 5. The van der Waals surface area contributed by atoms with E-state index in [2.05, 4.69) is 0 Å². The van der Waals surface area contributed by atoms with Crippen molar-refractivity contribution < 1.29 is 28.6 Å². The van der Waals surface area contributed by atoms with Crippen LogP contribution in [0.15, 0.2) is 60.2 Å². The van der Waals surface area contributed by atoms with E-state index < -0.39 is 23.6 Å². The van der Waals surface area contributed by atoms with E-state index >= 15 is 0 Å². The molecule has 0 spiro atoms. The molecule has 0 aliphatic rings. The fourth-order valence-corrected chi connectivity index (χ4v) is 3.47. The number of hydrogen-bond donors (Lipinski definition) is 0. The van der Waals surface area contributed by atoms with Gasteiger partial charge in [0.15, 0.2) is 0 Å². The highest BCUT2D eigenvalue weighted by Crippen LogP contribution is 2.26. The number of esters is 2. The molecule has 0 aliphatic heterocycles. The average Bonchev–Trinajstić information content (AvgIpc) is 3.14. The smallest absolute Gasteiger partial charge is 0.419 e. The first-order valence-electron chi connectivity index (χ1n) is 10.4. The lowest BCUT2D eigenvalue weighted by molar-refractivity contribution is -0.143. The summed E-state index contributed by atoms with van der Waals surface area (Å²) in [6.45, 7) is 5.45. The Hall–Kier alpha value is -3.87. The van der Waals surface area contributed by atoms with Gasteiger partial charge in [-0.25, -0.2) is 19.0 Å². The molecule has 1 heterocycles. The zero-order chi connectivity index (χ0) is 24.2. The summed E-state index contributed by atoms with van der Waals surface area (Å²) >= 11 is 0. The van der Waals surface area contributed by atoms with Gasteiger partial charge in [0.25, 0.3) is 0 Å². The molecule has 0 saturated heterocycles. The lowest BCUT2D eigenvalue weighted by atomic mass is 10.0. The molecule has 172 valence electrons. The Kier molecular flexibility index (Phi) is 7.01. The van der Waals surface area contributed by atoms with E-state index in [4.69, 9.17) is 14.2 Å². The van der Waals surface area contributed by atoms with Gasteiger partial charge in [0.05, 0.1) is 19.7 Å². The summed E-state index contributed by atoms with van der Waals surface area (Å²) in [7, 11) is 2.40. The van der Waals surface area contributed by atoms with Crippen LogP contribution >= 0.6 is 0 Å². The van der Waals surface area contributed by atoms with Crippen LogP contribution in [0.25, 0.3) is 17.0 Å². The third-order valence-corrected chi connectivity index (χ3v) is 4.90. The quantitative estimate of drug-likeness (QED) is 0.184. The third kappa shape index (κ3) is 5.49. The van der Waals surface area contributed by atoms with Gasteiger partial charge < -0.3 is 14.2 Å². The van der Waals surface area contributed by atoms with Gasteiger partial charge in [0.2, 0.25) is 0 Å². The molecule has 0 aliphatic carbocycles. The fraction of sp³-hybridized carbons (Fsp3) is 0.269. The third-order valence-electron chi connectivity index (χ3n) is 4.90. The van der Waals surface area contributed by atoms with Crippen LogP contribution in [0.3, 0.4) is 0 Å². The number of para-hydroxylation sites is 1. The topological polar surface area (TPSA) is 83.8 Å². The van der Waals surface area contributed by atoms with E-state index in [0.717, 1.165) is 16.5 Å². The van der Waals surface area contributed by atoms with Crippen molar-refractivity contribution in [2.24, 2.45) is 0 Å².